The minimum Gasteiger partial charge on any atom is -0.462 e. The van der Waals surface area contributed by atoms with E-state index in [1.165, 1.54) is 0 Å². The normalized spacial score (nSPS) is 31.6. The first kappa shape index (κ1) is 13.0. The number of hydrogen-bond acceptors (Lipinski definition) is 4. The molecular formula is C12H11F4N3O. The Morgan fingerprint density at radius 1 is 1.30 bits per heavy atom. The third kappa shape index (κ3) is 1.63. The van der Waals surface area contributed by atoms with Crippen LogP contribution in [0.3, 0.4) is 0 Å². The number of nitrogens with zero attached hydrogens (tertiary/aromatic N) is 1. The lowest BCUT2D eigenvalue weighted by atomic mass is 9.84. The molecule has 20 heavy (non-hydrogen) atoms. The average molecular weight is 289 g/mol. The standard InChI is InChI=1S/C12H11F4N3O/c13-7-2-4(17)1-6(9(7)14)12(10(15)16)5-3-8(5)20-11(18)19-12/h1-2,5,8,10H,3,17H2,(H2,18,19)/t5-,8?,12?/m0/s1. The number of rotatable bonds is 2. The van der Waals surface area contributed by atoms with Gasteiger partial charge in [0.2, 0.25) is 0 Å². The highest BCUT2D eigenvalue weighted by molar-refractivity contribution is 5.74. The molecule has 108 valence electrons. The van der Waals surface area contributed by atoms with E-state index >= 15 is 0 Å². The molecule has 1 aromatic rings. The smallest absolute Gasteiger partial charge is 0.283 e. The molecule has 2 aliphatic rings. The van der Waals surface area contributed by atoms with Crippen LogP contribution in [-0.2, 0) is 10.3 Å². The van der Waals surface area contributed by atoms with Crippen LogP contribution >= 0.6 is 0 Å². The maximum Gasteiger partial charge on any atom is 0.283 e. The summed E-state index contributed by atoms with van der Waals surface area (Å²) in [5.74, 6) is -3.42. The predicted molar refractivity (Wildman–Crippen MR) is 63.1 cm³/mol. The molecule has 3 rings (SSSR count). The summed E-state index contributed by atoms with van der Waals surface area (Å²) in [4.78, 5) is 3.61. The Labute approximate surface area is 111 Å². The molecule has 1 aliphatic carbocycles. The summed E-state index contributed by atoms with van der Waals surface area (Å²) in [7, 11) is 0. The molecule has 1 heterocycles. The number of aliphatic imine (C=N–C) groups is 1. The van der Waals surface area contributed by atoms with E-state index in [0.29, 0.717) is 0 Å². The molecule has 4 nitrogen and oxygen atoms in total. The van der Waals surface area contributed by atoms with Crippen molar-refractivity contribution in [2.24, 2.45) is 16.6 Å². The van der Waals surface area contributed by atoms with Gasteiger partial charge in [-0.05, 0) is 18.6 Å². The van der Waals surface area contributed by atoms with Gasteiger partial charge in [-0.3, -0.25) is 0 Å². The summed E-state index contributed by atoms with van der Waals surface area (Å²) >= 11 is 0. The zero-order valence-electron chi connectivity index (χ0n) is 10.1. The van der Waals surface area contributed by atoms with Gasteiger partial charge in [0.05, 0.1) is 0 Å². The van der Waals surface area contributed by atoms with E-state index in [1.807, 2.05) is 0 Å². The van der Waals surface area contributed by atoms with E-state index in [-0.39, 0.29) is 12.1 Å². The molecule has 1 aromatic carbocycles. The van der Waals surface area contributed by atoms with E-state index in [2.05, 4.69) is 4.99 Å². The van der Waals surface area contributed by atoms with E-state index in [1.54, 1.807) is 0 Å². The van der Waals surface area contributed by atoms with Gasteiger partial charge < -0.3 is 16.2 Å². The van der Waals surface area contributed by atoms with Gasteiger partial charge in [-0.2, -0.15) is 0 Å². The molecule has 3 atom stereocenters. The highest BCUT2D eigenvalue weighted by atomic mass is 19.3. The monoisotopic (exact) mass is 289 g/mol. The number of amidine groups is 1. The van der Waals surface area contributed by atoms with Crippen LogP contribution in [0, 0.1) is 17.6 Å². The summed E-state index contributed by atoms with van der Waals surface area (Å²) in [5.41, 5.74) is 7.82. The number of benzene rings is 1. The Bertz CT molecular complexity index is 607. The first-order valence-corrected chi connectivity index (χ1v) is 5.91. The fraction of sp³-hybridized carbons (Fsp3) is 0.417. The van der Waals surface area contributed by atoms with Gasteiger partial charge in [-0.15, -0.1) is 0 Å². The second-order valence-electron chi connectivity index (χ2n) is 4.94. The molecule has 0 saturated heterocycles. The zero-order chi connectivity index (χ0) is 14.7. The number of alkyl halides is 2. The summed E-state index contributed by atoms with van der Waals surface area (Å²) in [5, 5.41) is 0. The van der Waals surface area contributed by atoms with E-state index < -0.39 is 47.2 Å². The molecular weight excluding hydrogens is 278 g/mol. The van der Waals surface area contributed by atoms with Gasteiger partial charge >= 0.3 is 0 Å². The molecule has 1 aliphatic heterocycles. The molecule has 4 N–H and O–H groups in total. The SMILES string of the molecule is NC1=NC(c2cc(N)cc(F)c2F)(C(F)F)[C@H]2CC2O1. The Morgan fingerprint density at radius 3 is 2.65 bits per heavy atom. The number of hydrogen-bond donors (Lipinski definition) is 2. The Balaban J connectivity index is 2.25. The summed E-state index contributed by atoms with van der Waals surface area (Å²) in [6.07, 6.45) is -3.36. The first-order valence-electron chi connectivity index (χ1n) is 5.91. The lowest BCUT2D eigenvalue weighted by Gasteiger charge is -2.33. The molecule has 8 heteroatoms. The topological polar surface area (TPSA) is 73.6 Å². The van der Waals surface area contributed by atoms with Gasteiger partial charge in [-0.25, -0.2) is 22.6 Å². The zero-order valence-corrected chi connectivity index (χ0v) is 10.1. The van der Waals surface area contributed by atoms with Gasteiger partial charge in [0.1, 0.15) is 6.10 Å². The molecule has 0 spiro atoms. The fourth-order valence-corrected chi connectivity index (χ4v) is 2.70. The van der Waals surface area contributed by atoms with Crippen molar-refractivity contribution < 1.29 is 22.3 Å². The van der Waals surface area contributed by atoms with Gasteiger partial charge in [0, 0.05) is 17.2 Å². The Morgan fingerprint density at radius 2 is 2.00 bits per heavy atom. The predicted octanol–water partition coefficient (Wildman–Crippen LogP) is 1.74. The van der Waals surface area contributed by atoms with Crippen molar-refractivity contribution in [3.8, 4) is 0 Å². The van der Waals surface area contributed by atoms with E-state index in [0.717, 1.165) is 12.1 Å². The lowest BCUT2D eigenvalue weighted by Crippen LogP contribution is -2.43. The van der Waals surface area contributed by atoms with Crippen molar-refractivity contribution in [2.75, 3.05) is 5.73 Å². The number of ether oxygens (including phenoxy) is 1. The van der Waals surface area contributed by atoms with Crippen molar-refractivity contribution in [3.63, 3.8) is 0 Å². The van der Waals surface area contributed by atoms with Crippen molar-refractivity contribution >= 4 is 11.7 Å². The third-order valence-electron chi connectivity index (χ3n) is 3.68. The average Bonchev–Trinajstić information content (AvgIpc) is 3.11. The van der Waals surface area contributed by atoms with Crippen molar-refractivity contribution in [3.05, 3.63) is 29.3 Å². The number of fused-ring (bicyclic) bond motifs is 1. The molecule has 0 aromatic heterocycles. The van der Waals surface area contributed by atoms with Crippen LogP contribution in [0.4, 0.5) is 23.2 Å². The summed E-state index contributed by atoms with van der Waals surface area (Å²) < 4.78 is 59.7. The first-order chi connectivity index (χ1) is 9.36. The van der Waals surface area contributed by atoms with Crippen LogP contribution in [0.5, 0.6) is 0 Å². The number of nitrogens with two attached hydrogens (primary N) is 2. The number of anilines is 1. The van der Waals surface area contributed by atoms with Crippen LogP contribution in [0.15, 0.2) is 17.1 Å². The summed E-state index contributed by atoms with van der Waals surface area (Å²) in [6.45, 7) is 0. The number of halogens is 4. The van der Waals surface area contributed by atoms with Crippen LogP contribution < -0.4 is 11.5 Å². The van der Waals surface area contributed by atoms with Crippen LogP contribution in [-0.4, -0.2) is 18.6 Å². The minimum atomic E-state index is -3.06. The minimum absolute atomic E-state index is 0.156. The quantitative estimate of drug-likeness (QED) is 0.643. The van der Waals surface area contributed by atoms with Crippen molar-refractivity contribution in [1.82, 2.24) is 0 Å². The van der Waals surface area contributed by atoms with Gasteiger partial charge in [-0.1, -0.05) is 0 Å². The second-order valence-corrected chi connectivity index (χ2v) is 4.94. The largest absolute Gasteiger partial charge is 0.462 e. The molecule has 0 amide bonds. The highest BCUT2D eigenvalue weighted by Gasteiger charge is 2.64. The van der Waals surface area contributed by atoms with Crippen LogP contribution in [0.1, 0.15) is 12.0 Å². The summed E-state index contributed by atoms with van der Waals surface area (Å²) in [6, 6.07) is 1.25. The Kier molecular flexibility index (Phi) is 2.60. The van der Waals surface area contributed by atoms with Crippen molar-refractivity contribution in [2.45, 2.75) is 24.5 Å². The maximum atomic E-state index is 14.0. The van der Waals surface area contributed by atoms with Gasteiger partial charge in [0.15, 0.2) is 17.2 Å². The third-order valence-corrected chi connectivity index (χ3v) is 3.68. The second kappa shape index (κ2) is 4.00. The lowest BCUT2D eigenvalue weighted by molar-refractivity contribution is 0.0173. The maximum absolute atomic E-state index is 14.0. The van der Waals surface area contributed by atoms with Crippen molar-refractivity contribution in [1.29, 1.82) is 0 Å². The molecule has 1 fully saturated rings. The molecule has 2 unspecified atom stereocenters. The van der Waals surface area contributed by atoms with Crippen LogP contribution in [0.25, 0.3) is 0 Å². The highest BCUT2D eigenvalue weighted by Crippen LogP contribution is 2.56. The van der Waals surface area contributed by atoms with Gasteiger partial charge in [0.25, 0.3) is 12.4 Å². The molecule has 0 radical (unpaired) electrons. The molecule has 1 saturated carbocycles. The Hall–Kier alpha value is -1.99. The van der Waals surface area contributed by atoms with E-state index in [9.17, 15) is 17.6 Å². The molecule has 0 bridgehead atoms. The van der Waals surface area contributed by atoms with Crippen LogP contribution in [0.2, 0.25) is 0 Å². The fourth-order valence-electron chi connectivity index (χ4n) is 2.70. The number of nitrogen functional groups attached to an aromatic ring is 1. The van der Waals surface area contributed by atoms with E-state index in [4.69, 9.17) is 16.2 Å².